The van der Waals surface area contributed by atoms with Crippen molar-refractivity contribution in [2.24, 2.45) is 5.92 Å². The van der Waals surface area contributed by atoms with Gasteiger partial charge in [0, 0.05) is 44.2 Å². The largest absolute Gasteiger partial charge is 0.468 e. The third kappa shape index (κ3) is 5.01. The second-order valence-electron chi connectivity index (χ2n) is 8.15. The van der Waals surface area contributed by atoms with E-state index in [0.717, 1.165) is 39.0 Å². The minimum Gasteiger partial charge on any atom is -0.468 e. The fraction of sp³-hybridized carbons (Fsp3) is 0.667. The number of ether oxygens (including phenoxy) is 1. The van der Waals surface area contributed by atoms with Crippen LogP contribution in [0.5, 0.6) is 5.88 Å². The predicted octanol–water partition coefficient (Wildman–Crippen LogP) is 2.29. The zero-order chi connectivity index (χ0) is 19.3. The van der Waals surface area contributed by atoms with Crippen molar-refractivity contribution in [2.75, 3.05) is 38.1 Å². The van der Waals surface area contributed by atoms with Crippen molar-refractivity contribution >= 4 is 17.5 Å². The van der Waals surface area contributed by atoms with Crippen molar-refractivity contribution in [3.8, 4) is 5.88 Å². The number of carbonyl (C=O) groups is 2. The van der Waals surface area contributed by atoms with E-state index in [4.69, 9.17) is 4.74 Å². The molecular formula is C21H30N4O3. The van der Waals surface area contributed by atoms with Gasteiger partial charge in [0.1, 0.15) is 0 Å². The van der Waals surface area contributed by atoms with Gasteiger partial charge in [-0.1, -0.05) is 19.3 Å². The first-order valence-electron chi connectivity index (χ1n) is 10.6. The van der Waals surface area contributed by atoms with E-state index in [0.29, 0.717) is 17.6 Å². The minimum atomic E-state index is 0.00418. The van der Waals surface area contributed by atoms with Crippen molar-refractivity contribution in [3.63, 3.8) is 0 Å². The lowest BCUT2D eigenvalue weighted by Gasteiger charge is -2.40. The second kappa shape index (κ2) is 8.90. The zero-order valence-corrected chi connectivity index (χ0v) is 16.4. The Morgan fingerprint density at radius 3 is 2.43 bits per heavy atom. The van der Waals surface area contributed by atoms with Gasteiger partial charge < -0.3 is 15.0 Å². The lowest BCUT2D eigenvalue weighted by Crippen LogP contribution is -2.53. The highest BCUT2D eigenvalue weighted by Gasteiger charge is 2.29. The molecule has 152 valence electrons. The number of anilines is 1. The number of nitrogens with one attached hydrogen (secondary N) is 1. The average molecular weight is 386 g/mol. The summed E-state index contributed by atoms with van der Waals surface area (Å²) < 4.78 is 5.56. The Morgan fingerprint density at radius 1 is 1.04 bits per heavy atom. The average Bonchev–Trinajstić information content (AvgIpc) is 3.59. The molecule has 0 radical (unpaired) electrons. The standard InChI is InChI=1S/C21H30N4O3/c26-20(25-12-10-24(11-13-25)18-4-2-1-3-5-18)15-28-19-9-8-17(14-22-19)23-21(27)16-6-7-16/h8-9,14,16,18H,1-7,10-13,15H2,(H,23,27). The molecule has 0 unspecified atom stereocenters. The summed E-state index contributed by atoms with van der Waals surface area (Å²) in [5.41, 5.74) is 0.661. The molecule has 1 saturated heterocycles. The fourth-order valence-corrected chi connectivity index (χ4v) is 4.14. The summed E-state index contributed by atoms with van der Waals surface area (Å²) in [7, 11) is 0. The number of hydrogen-bond donors (Lipinski definition) is 1. The van der Waals surface area contributed by atoms with Gasteiger partial charge in [-0.05, 0) is 31.7 Å². The van der Waals surface area contributed by atoms with Gasteiger partial charge in [-0.2, -0.15) is 0 Å². The summed E-state index contributed by atoms with van der Waals surface area (Å²) in [4.78, 5) is 32.8. The van der Waals surface area contributed by atoms with Crippen LogP contribution in [0.25, 0.3) is 0 Å². The molecular weight excluding hydrogens is 356 g/mol. The van der Waals surface area contributed by atoms with Gasteiger partial charge in [0.05, 0.1) is 11.9 Å². The van der Waals surface area contributed by atoms with Crippen LogP contribution < -0.4 is 10.1 Å². The SMILES string of the molecule is O=C(Nc1ccc(OCC(=O)N2CCN(C3CCCCC3)CC2)nc1)C1CC1. The monoisotopic (exact) mass is 386 g/mol. The Morgan fingerprint density at radius 2 is 1.79 bits per heavy atom. The highest BCUT2D eigenvalue weighted by atomic mass is 16.5. The van der Waals surface area contributed by atoms with Gasteiger partial charge in [0.2, 0.25) is 11.8 Å². The Bertz CT molecular complexity index is 675. The molecule has 2 aliphatic carbocycles. The molecule has 3 fully saturated rings. The number of amides is 2. The number of nitrogens with zero attached hydrogens (tertiary/aromatic N) is 3. The first-order chi connectivity index (χ1) is 13.7. The van der Waals surface area contributed by atoms with Gasteiger partial charge in [-0.3, -0.25) is 14.5 Å². The van der Waals surface area contributed by atoms with E-state index in [1.54, 1.807) is 18.3 Å². The maximum atomic E-state index is 12.4. The molecule has 3 aliphatic rings. The van der Waals surface area contributed by atoms with E-state index in [-0.39, 0.29) is 24.3 Å². The van der Waals surface area contributed by atoms with Gasteiger partial charge in [0.15, 0.2) is 6.61 Å². The Labute approximate surface area is 166 Å². The topological polar surface area (TPSA) is 74.8 Å². The molecule has 4 rings (SSSR count). The van der Waals surface area contributed by atoms with Crippen molar-refractivity contribution in [3.05, 3.63) is 18.3 Å². The molecule has 1 aromatic rings. The van der Waals surface area contributed by atoms with Crippen LogP contribution in [-0.2, 0) is 9.59 Å². The molecule has 0 bridgehead atoms. The summed E-state index contributed by atoms with van der Waals surface area (Å²) in [5.74, 6) is 0.625. The maximum absolute atomic E-state index is 12.4. The van der Waals surface area contributed by atoms with Crippen LogP contribution in [0.2, 0.25) is 0 Å². The summed E-state index contributed by atoms with van der Waals surface area (Å²) in [5, 5.41) is 2.84. The first kappa shape index (κ1) is 19.2. The van der Waals surface area contributed by atoms with E-state index in [2.05, 4.69) is 15.2 Å². The zero-order valence-electron chi connectivity index (χ0n) is 16.4. The lowest BCUT2D eigenvalue weighted by atomic mass is 9.94. The van der Waals surface area contributed by atoms with Crippen LogP contribution in [-0.4, -0.2) is 65.4 Å². The number of piperazine rings is 1. The number of rotatable bonds is 6. The molecule has 7 heteroatoms. The van der Waals surface area contributed by atoms with Crippen molar-refractivity contribution in [2.45, 2.75) is 51.0 Å². The van der Waals surface area contributed by atoms with E-state index in [9.17, 15) is 9.59 Å². The number of pyridine rings is 1. The van der Waals surface area contributed by atoms with Gasteiger partial charge in [0.25, 0.3) is 5.91 Å². The lowest BCUT2D eigenvalue weighted by molar-refractivity contribution is -0.135. The molecule has 2 heterocycles. The summed E-state index contributed by atoms with van der Waals surface area (Å²) in [6, 6.07) is 4.16. The van der Waals surface area contributed by atoms with E-state index < -0.39 is 0 Å². The molecule has 0 aromatic carbocycles. The fourth-order valence-electron chi connectivity index (χ4n) is 4.14. The van der Waals surface area contributed by atoms with Gasteiger partial charge >= 0.3 is 0 Å². The van der Waals surface area contributed by atoms with E-state index in [1.165, 1.54) is 32.1 Å². The second-order valence-corrected chi connectivity index (χ2v) is 8.15. The Balaban J connectivity index is 1.18. The molecule has 2 amide bonds. The summed E-state index contributed by atoms with van der Waals surface area (Å²) >= 11 is 0. The molecule has 1 aromatic heterocycles. The van der Waals surface area contributed by atoms with Crippen molar-refractivity contribution in [1.82, 2.24) is 14.8 Å². The van der Waals surface area contributed by atoms with Gasteiger partial charge in [-0.15, -0.1) is 0 Å². The molecule has 0 atom stereocenters. The summed E-state index contributed by atoms with van der Waals surface area (Å²) in [6.45, 7) is 3.48. The van der Waals surface area contributed by atoms with Gasteiger partial charge in [-0.25, -0.2) is 4.98 Å². The molecule has 7 nitrogen and oxygen atoms in total. The normalized spacial score (nSPS) is 21.4. The third-order valence-corrected chi connectivity index (χ3v) is 6.05. The van der Waals surface area contributed by atoms with Crippen molar-refractivity contribution < 1.29 is 14.3 Å². The maximum Gasteiger partial charge on any atom is 0.260 e. The van der Waals surface area contributed by atoms with E-state index in [1.807, 2.05) is 4.90 Å². The molecule has 1 aliphatic heterocycles. The molecule has 0 spiro atoms. The van der Waals surface area contributed by atoms with Crippen LogP contribution >= 0.6 is 0 Å². The predicted molar refractivity (Wildman–Crippen MR) is 106 cm³/mol. The first-order valence-corrected chi connectivity index (χ1v) is 10.6. The Hall–Kier alpha value is -2.15. The molecule has 2 saturated carbocycles. The van der Waals surface area contributed by atoms with Crippen LogP contribution in [0.1, 0.15) is 44.9 Å². The highest BCUT2D eigenvalue weighted by Crippen LogP contribution is 2.30. The number of hydrogen-bond acceptors (Lipinski definition) is 5. The highest BCUT2D eigenvalue weighted by molar-refractivity contribution is 5.93. The van der Waals surface area contributed by atoms with Crippen LogP contribution in [0.15, 0.2) is 18.3 Å². The van der Waals surface area contributed by atoms with Crippen LogP contribution in [0.4, 0.5) is 5.69 Å². The van der Waals surface area contributed by atoms with Crippen LogP contribution in [0, 0.1) is 5.92 Å². The Kier molecular flexibility index (Phi) is 6.10. The summed E-state index contributed by atoms with van der Waals surface area (Å²) in [6.07, 6.45) is 10.2. The number of aromatic nitrogens is 1. The van der Waals surface area contributed by atoms with E-state index >= 15 is 0 Å². The van der Waals surface area contributed by atoms with Crippen molar-refractivity contribution in [1.29, 1.82) is 0 Å². The smallest absolute Gasteiger partial charge is 0.260 e. The third-order valence-electron chi connectivity index (χ3n) is 6.05. The van der Waals surface area contributed by atoms with Crippen LogP contribution in [0.3, 0.4) is 0 Å². The quantitative estimate of drug-likeness (QED) is 0.812. The number of carbonyl (C=O) groups excluding carboxylic acids is 2. The molecule has 28 heavy (non-hydrogen) atoms. The minimum absolute atomic E-state index is 0.00418. The molecule has 1 N–H and O–H groups in total.